The van der Waals surface area contributed by atoms with Crippen molar-refractivity contribution in [3.05, 3.63) is 23.8 Å². The summed E-state index contributed by atoms with van der Waals surface area (Å²) in [6.07, 6.45) is 5.22. The van der Waals surface area contributed by atoms with Crippen LogP contribution in [0.3, 0.4) is 0 Å². The van der Waals surface area contributed by atoms with Gasteiger partial charge >= 0.3 is 0 Å². The topological polar surface area (TPSA) is 34.2 Å². The summed E-state index contributed by atoms with van der Waals surface area (Å²) >= 11 is 0. The number of rotatable bonds is 6. The van der Waals surface area contributed by atoms with Crippen LogP contribution >= 0.6 is 0 Å². The van der Waals surface area contributed by atoms with E-state index in [1.165, 1.54) is 38.0 Å². The largest absolute Gasteiger partial charge is 0.493 e. The third-order valence-electron chi connectivity index (χ3n) is 5.38. The zero-order chi connectivity index (χ0) is 17.6. The molecule has 1 aromatic carbocycles. The van der Waals surface area contributed by atoms with E-state index in [0.29, 0.717) is 12.2 Å². The maximum atomic E-state index is 6.34. The lowest BCUT2D eigenvalue weighted by molar-refractivity contribution is 0.0241. The summed E-state index contributed by atoms with van der Waals surface area (Å²) in [6.45, 7) is 5.82. The van der Waals surface area contributed by atoms with E-state index in [9.17, 15) is 0 Å². The van der Waals surface area contributed by atoms with Crippen molar-refractivity contribution < 1.29 is 14.2 Å². The SMILES string of the molecule is COc1ccc(C[C@@H]2CC[C@H](CN3CCCN(C)CC3)O2)cc1OC. The predicted octanol–water partition coefficient (Wildman–Crippen LogP) is 2.43. The van der Waals surface area contributed by atoms with E-state index in [2.05, 4.69) is 29.0 Å². The van der Waals surface area contributed by atoms with Crippen molar-refractivity contribution in [1.29, 1.82) is 0 Å². The van der Waals surface area contributed by atoms with Crippen molar-refractivity contribution >= 4 is 0 Å². The number of likely N-dealkylation sites (N-methyl/N-ethyl adjacent to an activating group) is 1. The summed E-state index contributed by atoms with van der Waals surface area (Å²) in [7, 11) is 5.57. The monoisotopic (exact) mass is 348 g/mol. The van der Waals surface area contributed by atoms with Gasteiger partial charge in [-0.15, -0.1) is 0 Å². The quantitative estimate of drug-likeness (QED) is 0.789. The van der Waals surface area contributed by atoms with E-state index in [-0.39, 0.29) is 0 Å². The van der Waals surface area contributed by atoms with Gasteiger partial charge in [-0.3, -0.25) is 4.90 Å². The molecule has 5 nitrogen and oxygen atoms in total. The van der Waals surface area contributed by atoms with Gasteiger partial charge in [0.1, 0.15) is 0 Å². The molecule has 2 fully saturated rings. The zero-order valence-corrected chi connectivity index (χ0v) is 15.9. The fourth-order valence-corrected chi connectivity index (χ4v) is 3.91. The van der Waals surface area contributed by atoms with E-state index >= 15 is 0 Å². The average Bonchev–Trinajstić information content (AvgIpc) is 2.95. The Labute approximate surface area is 151 Å². The lowest BCUT2D eigenvalue weighted by atomic mass is 10.0. The van der Waals surface area contributed by atoms with Gasteiger partial charge in [0.2, 0.25) is 0 Å². The molecule has 5 heteroatoms. The van der Waals surface area contributed by atoms with Gasteiger partial charge in [-0.05, 0) is 63.5 Å². The van der Waals surface area contributed by atoms with Gasteiger partial charge < -0.3 is 19.1 Å². The number of methoxy groups -OCH3 is 2. The van der Waals surface area contributed by atoms with Crippen LogP contribution in [-0.4, -0.2) is 76.0 Å². The minimum absolute atomic E-state index is 0.317. The van der Waals surface area contributed by atoms with Gasteiger partial charge in [0.15, 0.2) is 11.5 Å². The van der Waals surface area contributed by atoms with Crippen LogP contribution in [-0.2, 0) is 11.2 Å². The molecule has 2 aliphatic heterocycles. The molecule has 2 saturated heterocycles. The Bertz CT molecular complexity index is 552. The highest BCUT2D eigenvalue weighted by molar-refractivity contribution is 5.43. The summed E-state index contributed by atoms with van der Waals surface area (Å²) < 4.78 is 17.1. The van der Waals surface area contributed by atoms with Crippen LogP contribution in [0.4, 0.5) is 0 Å². The van der Waals surface area contributed by atoms with Gasteiger partial charge in [-0.2, -0.15) is 0 Å². The number of hydrogen-bond acceptors (Lipinski definition) is 5. The highest BCUT2D eigenvalue weighted by Gasteiger charge is 2.27. The van der Waals surface area contributed by atoms with Crippen molar-refractivity contribution in [3.63, 3.8) is 0 Å². The minimum Gasteiger partial charge on any atom is -0.493 e. The van der Waals surface area contributed by atoms with Crippen molar-refractivity contribution in [2.24, 2.45) is 0 Å². The molecule has 0 bridgehead atoms. The first kappa shape index (κ1) is 18.5. The Hall–Kier alpha value is -1.30. The van der Waals surface area contributed by atoms with Crippen LogP contribution in [0.1, 0.15) is 24.8 Å². The van der Waals surface area contributed by atoms with Crippen LogP contribution in [0, 0.1) is 0 Å². The van der Waals surface area contributed by atoms with Gasteiger partial charge in [0.25, 0.3) is 0 Å². The number of ether oxygens (including phenoxy) is 3. The molecule has 0 saturated carbocycles. The summed E-state index contributed by atoms with van der Waals surface area (Å²) in [6, 6.07) is 6.16. The molecule has 2 aliphatic rings. The smallest absolute Gasteiger partial charge is 0.160 e. The Morgan fingerprint density at radius 3 is 2.60 bits per heavy atom. The van der Waals surface area contributed by atoms with Crippen LogP contribution < -0.4 is 9.47 Å². The fourth-order valence-electron chi connectivity index (χ4n) is 3.91. The average molecular weight is 348 g/mol. The molecule has 1 aromatic rings. The molecule has 0 aliphatic carbocycles. The summed E-state index contributed by atoms with van der Waals surface area (Å²) in [4.78, 5) is 5.00. The Balaban J connectivity index is 1.49. The minimum atomic E-state index is 0.317. The van der Waals surface area contributed by atoms with Crippen LogP contribution in [0.5, 0.6) is 11.5 Å². The molecule has 0 amide bonds. The number of nitrogens with zero attached hydrogens (tertiary/aromatic N) is 2. The Kier molecular flexibility index (Phi) is 6.57. The maximum Gasteiger partial charge on any atom is 0.160 e. The van der Waals surface area contributed by atoms with Crippen molar-refractivity contribution in [2.45, 2.75) is 37.9 Å². The molecule has 25 heavy (non-hydrogen) atoms. The lowest BCUT2D eigenvalue weighted by Gasteiger charge is -2.24. The summed E-state index contributed by atoms with van der Waals surface area (Å²) in [5, 5.41) is 0. The Morgan fingerprint density at radius 1 is 1.00 bits per heavy atom. The highest BCUT2D eigenvalue weighted by atomic mass is 16.5. The zero-order valence-electron chi connectivity index (χ0n) is 15.9. The molecule has 0 spiro atoms. The molecular weight excluding hydrogens is 316 g/mol. The second kappa shape index (κ2) is 8.88. The van der Waals surface area contributed by atoms with E-state index in [1.54, 1.807) is 14.2 Å². The molecule has 2 atom stereocenters. The Morgan fingerprint density at radius 2 is 1.80 bits per heavy atom. The first-order valence-electron chi connectivity index (χ1n) is 9.45. The normalized spacial score (nSPS) is 25.7. The lowest BCUT2D eigenvalue weighted by Crippen LogP contribution is -2.35. The molecular formula is C20H32N2O3. The highest BCUT2D eigenvalue weighted by Crippen LogP contribution is 2.30. The molecule has 0 aromatic heterocycles. The predicted molar refractivity (Wildman–Crippen MR) is 99.7 cm³/mol. The van der Waals surface area contributed by atoms with Crippen molar-refractivity contribution in [3.8, 4) is 11.5 Å². The molecule has 3 rings (SSSR count). The van der Waals surface area contributed by atoms with Gasteiger partial charge in [-0.25, -0.2) is 0 Å². The van der Waals surface area contributed by atoms with E-state index in [1.807, 2.05) is 6.07 Å². The second-order valence-electron chi connectivity index (χ2n) is 7.31. The van der Waals surface area contributed by atoms with Crippen LogP contribution in [0.25, 0.3) is 0 Å². The van der Waals surface area contributed by atoms with Crippen molar-refractivity contribution in [2.75, 3.05) is 54.0 Å². The second-order valence-corrected chi connectivity index (χ2v) is 7.31. The van der Waals surface area contributed by atoms with Crippen LogP contribution in [0.2, 0.25) is 0 Å². The summed E-state index contributed by atoms with van der Waals surface area (Å²) in [5.74, 6) is 1.57. The fraction of sp³-hybridized carbons (Fsp3) is 0.700. The van der Waals surface area contributed by atoms with E-state index in [0.717, 1.165) is 37.4 Å². The first-order chi connectivity index (χ1) is 12.2. The number of hydrogen-bond donors (Lipinski definition) is 0. The van der Waals surface area contributed by atoms with Gasteiger partial charge in [0.05, 0.1) is 26.4 Å². The third-order valence-corrected chi connectivity index (χ3v) is 5.38. The molecule has 140 valence electrons. The molecule has 0 unspecified atom stereocenters. The molecule has 2 heterocycles. The van der Waals surface area contributed by atoms with E-state index < -0.39 is 0 Å². The first-order valence-corrected chi connectivity index (χ1v) is 9.45. The number of benzene rings is 1. The standard InChI is InChI=1S/C20H32N2O3/c1-21-9-4-10-22(12-11-21)15-18-7-6-17(25-18)13-16-5-8-19(23-2)20(14-16)24-3/h5,8,14,17-18H,4,6-7,9-13,15H2,1-3H3/t17-,18+/m0/s1. The van der Waals surface area contributed by atoms with Gasteiger partial charge in [-0.1, -0.05) is 6.07 Å². The third kappa shape index (κ3) is 5.09. The summed E-state index contributed by atoms with van der Waals surface area (Å²) in [5.41, 5.74) is 1.25. The molecule has 0 N–H and O–H groups in total. The van der Waals surface area contributed by atoms with Gasteiger partial charge in [0, 0.05) is 19.6 Å². The van der Waals surface area contributed by atoms with Crippen molar-refractivity contribution in [1.82, 2.24) is 9.80 Å². The molecule has 0 radical (unpaired) electrons. The van der Waals surface area contributed by atoms with E-state index in [4.69, 9.17) is 14.2 Å². The van der Waals surface area contributed by atoms with Crippen LogP contribution in [0.15, 0.2) is 18.2 Å². The maximum absolute atomic E-state index is 6.34.